The van der Waals surface area contributed by atoms with Crippen molar-refractivity contribution in [2.45, 2.75) is 44.6 Å². The lowest BCUT2D eigenvalue weighted by Gasteiger charge is -2.30. The Labute approximate surface area is 126 Å². The fraction of sp³-hybridized carbons (Fsp3) is 0.368. The molecular weight excluding hydrogens is 261 g/mol. The number of rotatable bonds is 3. The zero-order valence-corrected chi connectivity index (χ0v) is 12.5. The predicted molar refractivity (Wildman–Crippen MR) is 84.9 cm³/mol. The van der Waals surface area contributed by atoms with Crippen LogP contribution >= 0.6 is 0 Å². The topological polar surface area (TPSA) is 26.0 Å². The summed E-state index contributed by atoms with van der Waals surface area (Å²) in [5.41, 5.74) is 11.5. The average molecular weight is 283 g/mol. The van der Waals surface area contributed by atoms with Crippen LogP contribution in [0.3, 0.4) is 0 Å². The van der Waals surface area contributed by atoms with Crippen LogP contribution in [-0.4, -0.2) is 6.04 Å². The smallest absolute Gasteiger partial charge is 0.123 e. The molecule has 3 rings (SSSR count). The highest BCUT2D eigenvalue weighted by Gasteiger charge is 2.25. The summed E-state index contributed by atoms with van der Waals surface area (Å²) in [6.07, 6.45) is 4.21. The highest BCUT2D eigenvalue weighted by Crippen LogP contribution is 2.34. The summed E-state index contributed by atoms with van der Waals surface area (Å²) in [5, 5.41) is 0. The molecule has 1 nitrogen and oxygen atoms in total. The highest BCUT2D eigenvalue weighted by molar-refractivity contribution is 5.35. The Morgan fingerprint density at radius 3 is 2.90 bits per heavy atom. The molecule has 21 heavy (non-hydrogen) atoms. The Hall–Kier alpha value is -1.67. The first-order valence-electron chi connectivity index (χ1n) is 7.73. The van der Waals surface area contributed by atoms with Gasteiger partial charge in [0.1, 0.15) is 5.82 Å². The first-order valence-corrected chi connectivity index (χ1v) is 7.73. The molecule has 0 radical (unpaired) electrons. The molecule has 1 aliphatic rings. The molecular formula is C19H22FN. The molecule has 0 saturated carbocycles. The highest BCUT2D eigenvalue weighted by atomic mass is 19.1. The maximum atomic E-state index is 13.4. The Kier molecular flexibility index (Phi) is 4.07. The van der Waals surface area contributed by atoms with E-state index in [1.165, 1.54) is 23.6 Å². The van der Waals surface area contributed by atoms with Crippen LogP contribution in [0, 0.1) is 12.7 Å². The molecule has 0 heterocycles. The van der Waals surface area contributed by atoms with Gasteiger partial charge in [0.25, 0.3) is 0 Å². The number of fused-ring (bicyclic) bond motifs is 1. The van der Waals surface area contributed by atoms with Crippen LogP contribution in [0.25, 0.3) is 0 Å². The number of nitrogens with two attached hydrogens (primary N) is 1. The van der Waals surface area contributed by atoms with Gasteiger partial charge in [-0.05, 0) is 72.9 Å². The van der Waals surface area contributed by atoms with E-state index in [4.69, 9.17) is 5.73 Å². The molecule has 0 aromatic heterocycles. The first kappa shape index (κ1) is 14.3. The van der Waals surface area contributed by atoms with Gasteiger partial charge >= 0.3 is 0 Å². The maximum Gasteiger partial charge on any atom is 0.123 e. The Bertz CT molecular complexity index is 635. The molecule has 2 unspecified atom stereocenters. The minimum atomic E-state index is -0.174. The van der Waals surface area contributed by atoms with E-state index in [2.05, 4.69) is 24.3 Å². The zero-order valence-electron chi connectivity index (χ0n) is 12.5. The van der Waals surface area contributed by atoms with Gasteiger partial charge in [0.05, 0.1) is 0 Å². The Balaban J connectivity index is 1.83. The lowest BCUT2D eigenvalue weighted by molar-refractivity contribution is 0.459. The summed E-state index contributed by atoms with van der Waals surface area (Å²) in [6, 6.07) is 13.6. The lowest BCUT2D eigenvalue weighted by atomic mass is 9.77. The van der Waals surface area contributed by atoms with Crippen molar-refractivity contribution in [3.63, 3.8) is 0 Å². The van der Waals surface area contributed by atoms with Crippen LogP contribution < -0.4 is 5.73 Å². The molecule has 0 spiro atoms. The summed E-state index contributed by atoms with van der Waals surface area (Å²) < 4.78 is 13.4. The third-order valence-corrected chi connectivity index (χ3v) is 4.70. The van der Waals surface area contributed by atoms with E-state index in [-0.39, 0.29) is 11.9 Å². The number of hydrogen-bond acceptors (Lipinski definition) is 1. The van der Waals surface area contributed by atoms with Crippen LogP contribution in [0.1, 0.15) is 41.0 Å². The van der Waals surface area contributed by atoms with Crippen LogP contribution in [-0.2, 0) is 12.8 Å². The molecule has 2 aromatic rings. The molecule has 0 saturated heterocycles. The first-order chi connectivity index (χ1) is 10.1. The Morgan fingerprint density at radius 2 is 2.05 bits per heavy atom. The molecule has 110 valence electrons. The number of halogens is 1. The molecule has 0 fully saturated rings. The number of benzene rings is 2. The molecule has 2 N–H and O–H groups in total. The fourth-order valence-electron chi connectivity index (χ4n) is 3.49. The third-order valence-electron chi connectivity index (χ3n) is 4.70. The predicted octanol–water partition coefficient (Wildman–Crippen LogP) is 4.12. The number of hydrogen-bond donors (Lipinski definition) is 1. The van der Waals surface area contributed by atoms with Crippen LogP contribution in [0.15, 0.2) is 42.5 Å². The van der Waals surface area contributed by atoms with Gasteiger partial charge in [0, 0.05) is 6.04 Å². The Morgan fingerprint density at radius 1 is 1.24 bits per heavy atom. The molecule has 1 aliphatic carbocycles. The van der Waals surface area contributed by atoms with E-state index < -0.39 is 0 Å². The largest absolute Gasteiger partial charge is 0.327 e. The number of aryl methyl sites for hydroxylation is 2. The van der Waals surface area contributed by atoms with Gasteiger partial charge in [0.15, 0.2) is 0 Å². The average Bonchev–Trinajstić information content (AvgIpc) is 2.50. The van der Waals surface area contributed by atoms with Crippen molar-refractivity contribution in [1.29, 1.82) is 0 Å². The second-order valence-electron chi connectivity index (χ2n) is 6.14. The van der Waals surface area contributed by atoms with Crippen LogP contribution in [0.4, 0.5) is 4.39 Å². The van der Waals surface area contributed by atoms with Gasteiger partial charge in [-0.25, -0.2) is 4.39 Å². The fourth-order valence-corrected chi connectivity index (χ4v) is 3.49. The van der Waals surface area contributed by atoms with E-state index in [9.17, 15) is 4.39 Å². The molecule has 2 atom stereocenters. The van der Waals surface area contributed by atoms with Crippen molar-refractivity contribution < 1.29 is 4.39 Å². The van der Waals surface area contributed by atoms with Gasteiger partial charge < -0.3 is 5.73 Å². The van der Waals surface area contributed by atoms with E-state index in [0.717, 1.165) is 30.4 Å². The second-order valence-corrected chi connectivity index (χ2v) is 6.14. The zero-order chi connectivity index (χ0) is 14.8. The van der Waals surface area contributed by atoms with E-state index in [1.54, 1.807) is 6.07 Å². The minimum Gasteiger partial charge on any atom is -0.327 e. The van der Waals surface area contributed by atoms with E-state index in [1.807, 2.05) is 13.0 Å². The minimum absolute atomic E-state index is 0.0481. The normalized spacial score (nSPS) is 19.1. The second kappa shape index (κ2) is 5.98. The van der Waals surface area contributed by atoms with E-state index in [0.29, 0.717) is 5.92 Å². The molecule has 2 aromatic carbocycles. The summed E-state index contributed by atoms with van der Waals surface area (Å²) in [7, 11) is 0. The van der Waals surface area contributed by atoms with Crippen molar-refractivity contribution >= 4 is 0 Å². The van der Waals surface area contributed by atoms with Crippen molar-refractivity contribution in [1.82, 2.24) is 0 Å². The standard InChI is InChI=1S/C19H22FN/c1-13-9-10-16(20)11-15(13)12-19(21)18-8-4-6-14-5-2-3-7-17(14)18/h2-3,5,7,9-11,18-19H,4,6,8,12,21H2,1H3. The quantitative estimate of drug-likeness (QED) is 0.900. The third kappa shape index (κ3) is 3.01. The van der Waals surface area contributed by atoms with Gasteiger partial charge in [-0.3, -0.25) is 0 Å². The van der Waals surface area contributed by atoms with Gasteiger partial charge in [-0.15, -0.1) is 0 Å². The molecule has 0 aliphatic heterocycles. The van der Waals surface area contributed by atoms with Crippen LogP contribution in [0.5, 0.6) is 0 Å². The lowest BCUT2D eigenvalue weighted by Crippen LogP contribution is -2.33. The van der Waals surface area contributed by atoms with Crippen LogP contribution in [0.2, 0.25) is 0 Å². The summed E-state index contributed by atoms with van der Waals surface area (Å²) in [6.45, 7) is 2.02. The van der Waals surface area contributed by atoms with Crippen molar-refractivity contribution in [2.75, 3.05) is 0 Å². The molecule has 0 amide bonds. The molecule has 0 bridgehead atoms. The van der Waals surface area contributed by atoms with Crippen molar-refractivity contribution in [2.24, 2.45) is 5.73 Å². The van der Waals surface area contributed by atoms with Crippen molar-refractivity contribution in [3.8, 4) is 0 Å². The van der Waals surface area contributed by atoms with Gasteiger partial charge in [-0.2, -0.15) is 0 Å². The van der Waals surface area contributed by atoms with Gasteiger partial charge in [-0.1, -0.05) is 30.3 Å². The summed E-state index contributed by atoms with van der Waals surface area (Å²) in [4.78, 5) is 0. The monoisotopic (exact) mass is 283 g/mol. The summed E-state index contributed by atoms with van der Waals surface area (Å²) in [5.74, 6) is 0.212. The maximum absolute atomic E-state index is 13.4. The SMILES string of the molecule is Cc1ccc(F)cc1CC(N)C1CCCc2ccccc21. The van der Waals surface area contributed by atoms with Crippen molar-refractivity contribution in [3.05, 3.63) is 70.5 Å². The molecule has 2 heteroatoms. The van der Waals surface area contributed by atoms with E-state index >= 15 is 0 Å². The summed E-state index contributed by atoms with van der Waals surface area (Å²) >= 11 is 0. The van der Waals surface area contributed by atoms with Gasteiger partial charge in [0.2, 0.25) is 0 Å².